The standard InChI is InChI=1S/C10H14N2O6/c1-17-5-6-4-8(12-18-6)9(14)11-7(2-3-13)10(15)16/h4,7,13H,2-3,5H2,1H3,(H,11,14)(H,15,16). The molecule has 1 aromatic heterocycles. The summed E-state index contributed by atoms with van der Waals surface area (Å²) in [6, 6.07) is 0.196. The first-order valence-electron chi connectivity index (χ1n) is 5.17. The van der Waals surface area contributed by atoms with Crippen LogP contribution < -0.4 is 5.32 Å². The molecule has 0 aliphatic rings. The summed E-state index contributed by atoms with van der Waals surface area (Å²) in [5.41, 5.74) is -0.0359. The van der Waals surface area contributed by atoms with E-state index in [0.717, 1.165) is 0 Å². The Morgan fingerprint density at radius 2 is 2.33 bits per heavy atom. The fourth-order valence-electron chi connectivity index (χ4n) is 1.25. The predicted octanol–water partition coefficient (Wildman–Crippen LogP) is -0.614. The van der Waals surface area contributed by atoms with E-state index in [2.05, 4.69) is 10.5 Å². The van der Waals surface area contributed by atoms with E-state index in [1.165, 1.54) is 13.2 Å². The van der Waals surface area contributed by atoms with Gasteiger partial charge in [-0.3, -0.25) is 4.79 Å². The number of carboxylic acid groups (broad SMARTS) is 1. The Kier molecular flexibility index (Phi) is 5.28. The number of hydrogen-bond acceptors (Lipinski definition) is 6. The summed E-state index contributed by atoms with van der Waals surface area (Å²) in [6.45, 7) is -0.176. The molecule has 1 rings (SSSR count). The van der Waals surface area contributed by atoms with Crippen molar-refractivity contribution in [3.05, 3.63) is 17.5 Å². The number of aromatic nitrogens is 1. The van der Waals surface area contributed by atoms with E-state index in [1.807, 2.05) is 0 Å². The van der Waals surface area contributed by atoms with Gasteiger partial charge in [-0.05, 0) is 0 Å². The fourth-order valence-corrected chi connectivity index (χ4v) is 1.25. The van der Waals surface area contributed by atoms with Crippen molar-refractivity contribution in [2.75, 3.05) is 13.7 Å². The highest BCUT2D eigenvalue weighted by molar-refractivity contribution is 5.94. The highest BCUT2D eigenvalue weighted by Gasteiger charge is 2.22. The molecule has 0 fully saturated rings. The van der Waals surface area contributed by atoms with E-state index in [9.17, 15) is 9.59 Å². The van der Waals surface area contributed by atoms with Crippen LogP contribution in [0.4, 0.5) is 0 Å². The molecule has 0 saturated carbocycles. The second-order valence-corrected chi connectivity index (χ2v) is 3.49. The van der Waals surface area contributed by atoms with Gasteiger partial charge in [0.1, 0.15) is 12.6 Å². The van der Waals surface area contributed by atoms with Crippen LogP contribution in [0.15, 0.2) is 10.6 Å². The molecule has 0 spiro atoms. The summed E-state index contributed by atoms with van der Waals surface area (Å²) in [5.74, 6) is -1.54. The molecule has 8 heteroatoms. The number of hydrogen-bond donors (Lipinski definition) is 3. The van der Waals surface area contributed by atoms with Gasteiger partial charge in [-0.2, -0.15) is 0 Å². The van der Waals surface area contributed by atoms with Crippen molar-refractivity contribution >= 4 is 11.9 Å². The minimum atomic E-state index is -1.22. The molecule has 3 N–H and O–H groups in total. The maximum Gasteiger partial charge on any atom is 0.326 e. The molecule has 100 valence electrons. The maximum absolute atomic E-state index is 11.6. The Balaban J connectivity index is 2.64. The number of carbonyl (C=O) groups is 2. The number of nitrogens with zero attached hydrogens (tertiary/aromatic N) is 1. The van der Waals surface area contributed by atoms with E-state index in [-0.39, 0.29) is 25.3 Å². The Morgan fingerprint density at radius 1 is 1.61 bits per heavy atom. The Morgan fingerprint density at radius 3 is 2.89 bits per heavy atom. The number of carbonyl (C=O) groups excluding carboxylic acids is 1. The number of rotatable bonds is 7. The van der Waals surface area contributed by atoms with Crippen molar-refractivity contribution in [1.82, 2.24) is 10.5 Å². The molecule has 1 amide bonds. The number of aliphatic hydroxyl groups excluding tert-OH is 1. The zero-order valence-electron chi connectivity index (χ0n) is 9.75. The minimum Gasteiger partial charge on any atom is -0.480 e. The summed E-state index contributed by atoms with van der Waals surface area (Å²) in [4.78, 5) is 22.4. The molecule has 0 aliphatic heterocycles. The van der Waals surface area contributed by atoms with Gasteiger partial charge in [0, 0.05) is 26.2 Å². The highest BCUT2D eigenvalue weighted by Crippen LogP contribution is 2.05. The van der Waals surface area contributed by atoms with Crippen molar-refractivity contribution in [2.24, 2.45) is 0 Å². The maximum atomic E-state index is 11.6. The van der Waals surface area contributed by atoms with E-state index >= 15 is 0 Å². The average molecular weight is 258 g/mol. The largest absolute Gasteiger partial charge is 0.480 e. The summed E-state index contributed by atoms with van der Waals surface area (Å²) in [6.07, 6.45) is -0.0795. The van der Waals surface area contributed by atoms with Crippen LogP contribution >= 0.6 is 0 Å². The number of amides is 1. The molecule has 18 heavy (non-hydrogen) atoms. The van der Waals surface area contributed by atoms with Crippen LogP contribution in [0.3, 0.4) is 0 Å². The van der Waals surface area contributed by atoms with Crippen LogP contribution in [0.25, 0.3) is 0 Å². The second-order valence-electron chi connectivity index (χ2n) is 3.49. The van der Waals surface area contributed by atoms with Crippen LogP contribution in [0, 0.1) is 0 Å². The van der Waals surface area contributed by atoms with E-state index < -0.39 is 17.9 Å². The molecular formula is C10H14N2O6. The average Bonchev–Trinajstić information content (AvgIpc) is 2.77. The third-order valence-electron chi connectivity index (χ3n) is 2.10. The normalized spacial score (nSPS) is 12.1. The van der Waals surface area contributed by atoms with Crippen LogP contribution in [-0.2, 0) is 16.1 Å². The van der Waals surface area contributed by atoms with Crippen molar-refractivity contribution in [3.63, 3.8) is 0 Å². The number of aliphatic carboxylic acids is 1. The first-order valence-corrected chi connectivity index (χ1v) is 5.17. The quantitative estimate of drug-likeness (QED) is 0.596. The Bertz CT molecular complexity index is 416. The molecular weight excluding hydrogens is 244 g/mol. The van der Waals surface area contributed by atoms with Crippen molar-refractivity contribution in [2.45, 2.75) is 19.1 Å². The van der Waals surface area contributed by atoms with Crippen molar-refractivity contribution < 1.29 is 29.1 Å². The fraction of sp³-hybridized carbons (Fsp3) is 0.500. The number of aliphatic hydroxyl groups is 1. The lowest BCUT2D eigenvalue weighted by Gasteiger charge is -2.11. The lowest BCUT2D eigenvalue weighted by atomic mass is 10.2. The summed E-state index contributed by atoms with van der Waals surface area (Å²) in [5, 5.41) is 23.2. The number of methoxy groups -OCH3 is 1. The van der Waals surface area contributed by atoms with Gasteiger partial charge in [0.15, 0.2) is 11.5 Å². The topological polar surface area (TPSA) is 122 Å². The van der Waals surface area contributed by atoms with E-state index in [4.69, 9.17) is 19.5 Å². The monoisotopic (exact) mass is 258 g/mol. The van der Waals surface area contributed by atoms with Gasteiger partial charge in [-0.1, -0.05) is 5.16 Å². The van der Waals surface area contributed by atoms with Crippen LogP contribution in [-0.4, -0.2) is 47.0 Å². The van der Waals surface area contributed by atoms with E-state index in [0.29, 0.717) is 5.76 Å². The van der Waals surface area contributed by atoms with Crippen molar-refractivity contribution in [1.29, 1.82) is 0 Å². The molecule has 0 saturated heterocycles. The first kappa shape index (κ1) is 14.1. The van der Waals surface area contributed by atoms with Crippen LogP contribution in [0.1, 0.15) is 22.7 Å². The zero-order valence-corrected chi connectivity index (χ0v) is 9.75. The molecule has 8 nitrogen and oxygen atoms in total. The van der Waals surface area contributed by atoms with Gasteiger partial charge in [0.2, 0.25) is 0 Å². The zero-order chi connectivity index (χ0) is 13.5. The van der Waals surface area contributed by atoms with Gasteiger partial charge in [0.25, 0.3) is 5.91 Å². The summed E-state index contributed by atoms with van der Waals surface area (Å²) < 4.78 is 9.58. The lowest BCUT2D eigenvalue weighted by molar-refractivity contribution is -0.139. The number of ether oxygens (including phenoxy) is 1. The SMILES string of the molecule is COCc1cc(C(=O)NC(CCO)C(=O)O)no1. The van der Waals surface area contributed by atoms with Crippen LogP contribution in [0.2, 0.25) is 0 Å². The molecule has 1 heterocycles. The summed E-state index contributed by atoms with van der Waals surface area (Å²) in [7, 11) is 1.46. The predicted molar refractivity (Wildman–Crippen MR) is 57.8 cm³/mol. The minimum absolute atomic E-state index is 0.0359. The molecule has 1 atom stereocenters. The van der Waals surface area contributed by atoms with Gasteiger partial charge in [0.05, 0.1) is 0 Å². The third kappa shape index (κ3) is 3.82. The first-order chi connectivity index (χ1) is 8.58. The number of carboxylic acids is 1. The second kappa shape index (κ2) is 6.72. The van der Waals surface area contributed by atoms with Crippen LogP contribution in [0.5, 0.6) is 0 Å². The molecule has 1 aromatic rings. The smallest absolute Gasteiger partial charge is 0.326 e. The highest BCUT2D eigenvalue weighted by atomic mass is 16.5. The molecule has 0 aromatic carbocycles. The summed E-state index contributed by atoms with van der Waals surface area (Å²) >= 11 is 0. The molecule has 1 unspecified atom stereocenters. The molecule has 0 aliphatic carbocycles. The molecule has 0 bridgehead atoms. The van der Waals surface area contributed by atoms with Gasteiger partial charge in [-0.15, -0.1) is 0 Å². The Labute approximate surface area is 103 Å². The van der Waals surface area contributed by atoms with Gasteiger partial charge < -0.3 is 24.8 Å². The Hall–Kier alpha value is -1.93. The third-order valence-corrected chi connectivity index (χ3v) is 2.10. The lowest BCUT2D eigenvalue weighted by Crippen LogP contribution is -2.41. The van der Waals surface area contributed by atoms with Gasteiger partial charge >= 0.3 is 5.97 Å². The molecule has 0 radical (unpaired) electrons. The number of nitrogens with one attached hydrogen (secondary N) is 1. The van der Waals surface area contributed by atoms with Gasteiger partial charge in [-0.25, -0.2) is 4.79 Å². The van der Waals surface area contributed by atoms with E-state index in [1.54, 1.807) is 0 Å². The van der Waals surface area contributed by atoms with Crippen molar-refractivity contribution in [3.8, 4) is 0 Å².